The number of hydrogen-bond donors (Lipinski definition) is 0. The molecule has 0 radical (unpaired) electrons. The van der Waals surface area contributed by atoms with Gasteiger partial charge in [-0.3, -0.25) is 9.59 Å². The lowest BCUT2D eigenvalue weighted by Gasteiger charge is -2.29. The fourth-order valence-electron chi connectivity index (χ4n) is 3.52. The number of pyridine rings is 1. The predicted octanol–water partition coefficient (Wildman–Crippen LogP) is 4.80. The average Bonchev–Trinajstić information content (AvgIpc) is 2.70. The second-order valence-electron chi connectivity index (χ2n) is 6.81. The maximum Gasteiger partial charge on any atom is 0.259 e. The maximum absolute atomic E-state index is 13.2. The van der Waals surface area contributed by atoms with Crippen molar-refractivity contribution in [3.05, 3.63) is 97.9 Å². The molecule has 6 heteroatoms. The highest BCUT2D eigenvalue weighted by molar-refractivity contribution is 6.35. The Morgan fingerprint density at radius 3 is 2.68 bits per heavy atom. The first-order chi connectivity index (χ1) is 13.5. The second-order valence-corrected chi connectivity index (χ2v) is 7.65. The van der Waals surface area contributed by atoms with Crippen LogP contribution in [-0.4, -0.2) is 17.0 Å². The van der Waals surface area contributed by atoms with Gasteiger partial charge in [0, 0.05) is 34.5 Å². The lowest BCUT2D eigenvalue weighted by Crippen LogP contribution is -2.36. The van der Waals surface area contributed by atoms with Crippen molar-refractivity contribution in [1.29, 1.82) is 0 Å². The highest BCUT2D eigenvalue weighted by atomic mass is 35.5. The summed E-state index contributed by atoms with van der Waals surface area (Å²) in [4.78, 5) is 27.3. The zero-order valence-electron chi connectivity index (χ0n) is 15.1. The number of amides is 1. The van der Waals surface area contributed by atoms with Crippen molar-refractivity contribution in [1.82, 2.24) is 4.57 Å². The molecule has 1 aliphatic heterocycles. The van der Waals surface area contributed by atoms with E-state index in [1.54, 1.807) is 35.4 Å². The maximum atomic E-state index is 13.2. The highest BCUT2D eigenvalue weighted by Gasteiger charge is 2.23. The number of aryl methyl sites for hydroxylation is 1. The Morgan fingerprint density at radius 1 is 1.04 bits per heavy atom. The molecule has 2 aromatic carbocycles. The molecule has 0 fully saturated rings. The van der Waals surface area contributed by atoms with Crippen molar-refractivity contribution in [2.24, 2.45) is 0 Å². The van der Waals surface area contributed by atoms with Gasteiger partial charge in [-0.1, -0.05) is 47.5 Å². The molecule has 3 aromatic rings. The van der Waals surface area contributed by atoms with Gasteiger partial charge in [0.1, 0.15) is 0 Å². The lowest BCUT2D eigenvalue weighted by atomic mass is 10.0. The van der Waals surface area contributed by atoms with Crippen LogP contribution in [0.3, 0.4) is 0 Å². The van der Waals surface area contributed by atoms with E-state index in [0.717, 1.165) is 24.1 Å². The molecule has 0 N–H and O–H groups in total. The fourth-order valence-corrected chi connectivity index (χ4v) is 3.98. The van der Waals surface area contributed by atoms with Gasteiger partial charge >= 0.3 is 0 Å². The van der Waals surface area contributed by atoms with Gasteiger partial charge in [-0.15, -0.1) is 0 Å². The van der Waals surface area contributed by atoms with E-state index in [4.69, 9.17) is 23.2 Å². The van der Waals surface area contributed by atoms with E-state index in [9.17, 15) is 9.59 Å². The van der Waals surface area contributed by atoms with E-state index in [1.807, 2.05) is 18.2 Å². The first-order valence-electron chi connectivity index (χ1n) is 9.07. The molecule has 0 atom stereocenters. The van der Waals surface area contributed by atoms with Crippen LogP contribution in [0, 0.1) is 0 Å². The summed E-state index contributed by atoms with van der Waals surface area (Å²) < 4.78 is 1.50. The largest absolute Gasteiger partial charge is 0.310 e. The normalized spacial score (nSPS) is 13.3. The molecule has 0 saturated heterocycles. The minimum Gasteiger partial charge on any atom is -0.310 e. The molecule has 0 spiro atoms. The number of carbonyl (C=O) groups excluding carboxylic acids is 1. The number of aromatic nitrogens is 1. The molecule has 142 valence electrons. The predicted molar refractivity (Wildman–Crippen MR) is 113 cm³/mol. The summed E-state index contributed by atoms with van der Waals surface area (Å²) in [5.41, 5.74) is 3.16. The summed E-state index contributed by atoms with van der Waals surface area (Å²) in [6.07, 6.45) is 3.49. The quantitative estimate of drug-likeness (QED) is 0.619. The zero-order valence-corrected chi connectivity index (χ0v) is 16.6. The number of benzene rings is 2. The molecule has 2 heterocycles. The van der Waals surface area contributed by atoms with Gasteiger partial charge in [0.15, 0.2) is 0 Å². The van der Waals surface area contributed by atoms with Gasteiger partial charge in [-0.25, -0.2) is 0 Å². The number of fused-ring (bicyclic) bond motifs is 1. The van der Waals surface area contributed by atoms with Crippen LogP contribution in [0.5, 0.6) is 0 Å². The van der Waals surface area contributed by atoms with Gasteiger partial charge in [-0.2, -0.15) is 0 Å². The summed E-state index contributed by atoms with van der Waals surface area (Å²) in [7, 11) is 0. The van der Waals surface area contributed by atoms with Crippen LogP contribution in [0.1, 0.15) is 27.9 Å². The molecule has 0 unspecified atom stereocenters. The van der Waals surface area contributed by atoms with Gasteiger partial charge in [0.25, 0.3) is 11.5 Å². The summed E-state index contributed by atoms with van der Waals surface area (Å²) in [6.45, 7) is 0.935. The standard InChI is InChI=1S/C22H18Cl2N2O2/c23-18-9-7-16(19(24)12-18)13-25-14-17(8-10-21(25)27)22(28)26-11-3-5-15-4-1-2-6-20(15)26/h1-2,4,6-10,12,14H,3,5,11,13H2. The minimum atomic E-state index is -0.193. The van der Waals surface area contributed by atoms with E-state index in [1.165, 1.54) is 16.2 Å². The zero-order chi connectivity index (χ0) is 19.7. The molecule has 0 aliphatic carbocycles. The van der Waals surface area contributed by atoms with Crippen LogP contribution in [0.25, 0.3) is 0 Å². The van der Waals surface area contributed by atoms with Crippen LogP contribution in [-0.2, 0) is 13.0 Å². The Balaban J connectivity index is 1.66. The highest BCUT2D eigenvalue weighted by Crippen LogP contribution is 2.28. The third-order valence-corrected chi connectivity index (χ3v) is 5.53. The van der Waals surface area contributed by atoms with Crippen molar-refractivity contribution >= 4 is 34.8 Å². The average molecular weight is 413 g/mol. The topological polar surface area (TPSA) is 42.3 Å². The monoisotopic (exact) mass is 412 g/mol. The van der Waals surface area contributed by atoms with Gasteiger partial charge in [0.05, 0.1) is 12.1 Å². The number of para-hydroxylation sites is 1. The molecule has 0 bridgehead atoms. The molecule has 28 heavy (non-hydrogen) atoms. The molecule has 1 amide bonds. The molecule has 1 aromatic heterocycles. The minimum absolute atomic E-state index is 0.108. The molecule has 1 aliphatic rings. The smallest absolute Gasteiger partial charge is 0.259 e. The first kappa shape index (κ1) is 18.8. The van der Waals surface area contributed by atoms with Crippen LogP contribution in [0.4, 0.5) is 5.69 Å². The van der Waals surface area contributed by atoms with Crippen LogP contribution >= 0.6 is 23.2 Å². The summed E-state index contributed by atoms with van der Waals surface area (Å²) in [5.74, 6) is -0.108. The Hall–Kier alpha value is -2.56. The van der Waals surface area contributed by atoms with Crippen LogP contribution < -0.4 is 10.5 Å². The fraction of sp³-hybridized carbons (Fsp3) is 0.182. The first-order valence-corrected chi connectivity index (χ1v) is 9.83. The molecule has 4 rings (SSSR count). The number of halogens is 2. The summed E-state index contributed by atoms with van der Waals surface area (Å²) in [5, 5.41) is 1.02. The lowest BCUT2D eigenvalue weighted by molar-refractivity contribution is 0.0984. The Labute approximate surface area is 172 Å². The number of anilines is 1. The van der Waals surface area contributed by atoms with E-state index in [0.29, 0.717) is 22.2 Å². The molecule has 0 saturated carbocycles. The van der Waals surface area contributed by atoms with E-state index < -0.39 is 0 Å². The van der Waals surface area contributed by atoms with E-state index in [-0.39, 0.29) is 18.0 Å². The number of carbonyl (C=O) groups is 1. The van der Waals surface area contributed by atoms with Gasteiger partial charge < -0.3 is 9.47 Å². The Bertz CT molecular complexity index is 1110. The van der Waals surface area contributed by atoms with Crippen molar-refractivity contribution in [3.8, 4) is 0 Å². The third-order valence-electron chi connectivity index (χ3n) is 4.94. The number of rotatable bonds is 3. The summed E-state index contributed by atoms with van der Waals surface area (Å²) in [6, 6.07) is 16.1. The van der Waals surface area contributed by atoms with Gasteiger partial charge in [0.2, 0.25) is 0 Å². The van der Waals surface area contributed by atoms with Crippen LogP contribution in [0.2, 0.25) is 10.0 Å². The third kappa shape index (κ3) is 3.71. The molecular formula is C22H18Cl2N2O2. The van der Waals surface area contributed by atoms with Crippen LogP contribution in [0.15, 0.2) is 65.6 Å². The number of nitrogens with zero attached hydrogens (tertiary/aromatic N) is 2. The van der Waals surface area contributed by atoms with Crippen molar-refractivity contribution < 1.29 is 4.79 Å². The second kappa shape index (κ2) is 7.82. The molecular weight excluding hydrogens is 395 g/mol. The van der Waals surface area contributed by atoms with E-state index >= 15 is 0 Å². The molecule has 4 nitrogen and oxygen atoms in total. The Kier molecular flexibility index (Phi) is 5.25. The number of hydrogen-bond acceptors (Lipinski definition) is 2. The SMILES string of the molecule is O=C(c1ccc(=O)n(Cc2ccc(Cl)cc2Cl)c1)N1CCCc2ccccc21. The van der Waals surface area contributed by atoms with Crippen molar-refractivity contribution in [2.45, 2.75) is 19.4 Å². The van der Waals surface area contributed by atoms with E-state index in [2.05, 4.69) is 6.07 Å². The van der Waals surface area contributed by atoms with Crippen molar-refractivity contribution in [3.63, 3.8) is 0 Å². The van der Waals surface area contributed by atoms with Crippen molar-refractivity contribution in [2.75, 3.05) is 11.4 Å². The Morgan fingerprint density at radius 2 is 1.86 bits per heavy atom. The summed E-state index contributed by atoms with van der Waals surface area (Å²) >= 11 is 12.2. The van der Waals surface area contributed by atoms with Gasteiger partial charge in [-0.05, 0) is 48.2 Å².